The van der Waals surface area contributed by atoms with Crippen LogP contribution in [0.25, 0.3) is 0 Å². The number of hydrogen-bond donors (Lipinski definition) is 0. The summed E-state index contributed by atoms with van der Waals surface area (Å²) in [7, 11) is 1.22. The second-order valence-corrected chi connectivity index (χ2v) is 3.17. The first-order chi connectivity index (χ1) is 6.38. The predicted octanol–water partition coefficient (Wildman–Crippen LogP) is 0.916. The van der Waals surface area contributed by atoms with Crippen LogP contribution in [0.5, 0.6) is 0 Å². The summed E-state index contributed by atoms with van der Waals surface area (Å²) in [5.41, 5.74) is -2.67. The molecule has 14 heavy (non-hydrogen) atoms. The molecule has 0 aliphatic carbocycles. The van der Waals surface area contributed by atoms with E-state index in [-0.39, 0.29) is 5.16 Å². The fourth-order valence-electron chi connectivity index (χ4n) is 0.804. The quantitative estimate of drug-likeness (QED) is 0.667. The van der Waals surface area contributed by atoms with Gasteiger partial charge in [0.1, 0.15) is 0 Å². The molecular weight excluding hydrogens is 219 g/mol. The van der Waals surface area contributed by atoms with Crippen LogP contribution in [0.1, 0.15) is 5.69 Å². The highest BCUT2D eigenvalue weighted by Gasteiger charge is 2.37. The van der Waals surface area contributed by atoms with E-state index in [9.17, 15) is 18.0 Å². The lowest BCUT2D eigenvalue weighted by molar-refractivity contribution is -0.143. The van der Waals surface area contributed by atoms with E-state index in [1.54, 1.807) is 6.26 Å². The molecule has 0 aromatic carbocycles. The Hall–Kier alpha value is -1.05. The molecule has 0 unspecified atom stereocenters. The monoisotopic (exact) mass is 225 g/mol. The van der Waals surface area contributed by atoms with Crippen LogP contribution in [0.2, 0.25) is 0 Å². The molecule has 0 bridgehead atoms. The molecule has 0 N–H and O–H groups in total. The van der Waals surface area contributed by atoms with Crippen molar-refractivity contribution < 1.29 is 13.2 Å². The molecule has 0 aliphatic heterocycles. The summed E-state index contributed by atoms with van der Waals surface area (Å²) in [6.07, 6.45) is -3.16. The molecule has 1 rings (SSSR count). The van der Waals surface area contributed by atoms with Crippen molar-refractivity contribution in [3.63, 3.8) is 0 Å². The topological polar surface area (TPSA) is 47.8 Å². The van der Waals surface area contributed by atoms with Crippen molar-refractivity contribution in [1.82, 2.24) is 14.8 Å². The number of thioether (sulfide) groups is 1. The van der Waals surface area contributed by atoms with E-state index in [0.717, 1.165) is 16.3 Å². The van der Waals surface area contributed by atoms with Crippen LogP contribution < -0.4 is 5.56 Å². The standard InChI is InChI=1S/C6H6F3N3OS/c1-12-4(13)3(6(7,8)9)10-11-5(12)14-2/h1-2H3. The van der Waals surface area contributed by atoms with Crippen LogP contribution in [0.15, 0.2) is 9.95 Å². The number of alkyl halides is 3. The largest absolute Gasteiger partial charge is 0.440 e. The maximum Gasteiger partial charge on any atom is 0.440 e. The smallest absolute Gasteiger partial charge is 0.287 e. The Bertz CT molecular complexity index is 400. The SMILES string of the molecule is CSc1nnc(C(F)(F)F)c(=O)n1C. The van der Waals surface area contributed by atoms with Gasteiger partial charge in [0, 0.05) is 7.05 Å². The summed E-state index contributed by atoms with van der Waals surface area (Å²) in [6, 6.07) is 0. The zero-order valence-corrected chi connectivity index (χ0v) is 8.11. The average molecular weight is 225 g/mol. The molecule has 1 aromatic rings. The number of hydrogen-bond acceptors (Lipinski definition) is 4. The van der Waals surface area contributed by atoms with Gasteiger partial charge < -0.3 is 0 Å². The average Bonchev–Trinajstić information content (AvgIpc) is 2.07. The third-order valence-corrected chi connectivity index (χ3v) is 2.20. The maximum atomic E-state index is 12.1. The van der Waals surface area contributed by atoms with Crippen molar-refractivity contribution in [3.8, 4) is 0 Å². The second kappa shape index (κ2) is 3.60. The number of rotatable bonds is 1. The Morgan fingerprint density at radius 3 is 2.36 bits per heavy atom. The fraction of sp³-hybridized carbons (Fsp3) is 0.500. The molecule has 0 fully saturated rings. The normalized spacial score (nSPS) is 11.8. The highest BCUT2D eigenvalue weighted by atomic mass is 32.2. The van der Waals surface area contributed by atoms with E-state index in [1.807, 2.05) is 0 Å². The van der Waals surface area contributed by atoms with Crippen LogP contribution in [0.3, 0.4) is 0 Å². The first-order valence-corrected chi connectivity index (χ1v) is 4.65. The minimum Gasteiger partial charge on any atom is -0.287 e. The Morgan fingerprint density at radius 2 is 1.93 bits per heavy atom. The summed E-state index contributed by atoms with van der Waals surface area (Å²) in [6.45, 7) is 0. The summed E-state index contributed by atoms with van der Waals surface area (Å²) in [5, 5.41) is 6.27. The Labute approximate surface area is 81.1 Å². The molecule has 1 heterocycles. The molecule has 1 aromatic heterocycles. The molecule has 0 radical (unpaired) electrons. The molecule has 8 heteroatoms. The Kier molecular flexibility index (Phi) is 2.84. The molecule has 0 atom stereocenters. The number of aromatic nitrogens is 3. The lowest BCUT2D eigenvalue weighted by Crippen LogP contribution is -2.30. The van der Waals surface area contributed by atoms with Crippen molar-refractivity contribution in [1.29, 1.82) is 0 Å². The molecular formula is C6H6F3N3OS. The van der Waals surface area contributed by atoms with Gasteiger partial charge in [0.15, 0.2) is 5.16 Å². The van der Waals surface area contributed by atoms with Crippen LogP contribution in [0, 0.1) is 0 Å². The van der Waals surface area contributed by atoms with Crippen LogP contribution in [-0.4, -0.2) is 21.0 Å². The summed E-state index contributed by atoms with van der Waals surface area (Å²) in [4.78, 5) is 11.1. The van der Waals surface area contributed by atoms with E-state index >= 15 is 0 Å². The maximum absolute atomic E-state index is 12.1. The molecule has 0 saturated carbocycles. The molecule has 0 saturated heterocycles. The van der Waals surface area contributed by atoms with Gasteiger partial charge in [-0.05, 0) is 6.26 Å². The second-order valence-electron chi connectivity index (χ2n) is 2.40. The van der Waals surface area contributed by atoms with Crippen LogP contribution >= 0.6 is 11.8 Å². The lowest BCUT2D eigenvalue weighted by atomic mass is 10.4. The van der Waals surface area contributed by atoms with Crippen molar-refractivity contribution in [2.75, 3.05) is 6.26 Å². The van der Waals surface area contributed by atoms with Gasteiger partial charge in [-0.3, -0.25) is 9.36 Å². The summed E-state index contributed by atoms with van der Waals surface area (Å²) >= 11 is 1.05. The predicted molar refractivity (Wildman–Crippen MR) is 44.1 cm³/mol. The van der Waals surface area contributed by atoms with E-state index in [4.69, 9.17) is 0 Å². The van der Waals surface area contributed by atoms with Crippen molar-refractivity contribution in [2.24, 2.45) is 7.05 Å². The van der Waals surface area contributed by atoms with Crippen LogP contribution in [-0.2, 0) is 13.2 Å². The third kappa shape index (κ3) is 1.89. The van der Waals surface area contributed by atoms with Gasteiger partial charge in [0.25, 0.3) is 5.56 Å². The van der Waals surface area contributed by atoms with Gasteiger partial charge in [0.2, 0.25) is 5.69 Å². The summed E-state index contributed by atoms with van der Waals surface area (Å²) < 4.78 is 37.2. The molecule has 78 valence electrons. The fourth-order valence-corrected chi connectivity index (χ4v) is 1.28. The van der Waals surface area contributed by atoms with E-state index < -0.39 is 17.4 Å². The zero-order valence-electron chi connectivity index (χ0n) is 7.29. The third-order valence-electron chi connectivity index (χ3n) is 1.48. The van der Waals surface area contributed by atoms with E-state index in [2.05, 4.69) is 10.2 Å². The molecule has 4 nitrogen and oxygen atoms in total. The first-order valence-electron chi connectivity index (χ1n) is 3.43. The van der Waals surface area contributed by atoms with Gasteiger partial charge in [-0.15, -0.1) is 10.2 Å². The Morgan fingerprint density at radius 1 is 1.36 bits per heavy atom. The lowest BCUT2D eigenvalue weighted by Gasteiger charge is -2.07. The number of halogens is 3. The van der Waals surface area contributed by atoms with Gasteiger partial charge in [-0.1, -0.05) is 11.8 Å². The van der Waals surface area contributed by atoms with Crippen molar-refractivity contribution >= 4 is 11.8 Å². The highest BCUT2D eigenvalue weighted by Crippen LogP contribution is 2.24. The zero-order chi connectivity index (χ0) is 10.9. The van der Waals surface area contributed by atoms with E-state index in [0.29, 0.717) is 0 Å². The molecule has 0 spiro atoms. The molecule has 0 aliphatic rings. The first kappa shape index (κ1) is 11.0. The van der Waals surface area contributed by atoms with Crippen molar-refractivity contribution in [3.05, 3.63) is 16.0 Å². The Balaban J connectivity index is 3.40. The van der Waals surface area contributed by atoms with Gasteiger partial charge in [-0.2, -0.15) is 13.2 Å². The highest BCUT2D eigenvalue weighted by molar-refractivity contribution is 7.98. The minimum absolute atomic E-state index is 0.142. The minimum atomic E-state index is -4.75. The van der Waals surface area contributed by atoms with Crippen molar-refractivity contribution in [2.45, 2.75) is 11.3 Å². The van der Waals surface area contributed by atoms with Gasteiger partial charge in [0.05, 0.1) is 0 Å². The van der Waals surface area contributed by atoms with Gasteiger partial charge >= 0.3 is 6.18 Å². The molecule has 0 amide bonds. The number of nitrogens with zero attached hydrogens (tertiary/aromatic N) is 3. The van der Waals surface area contributed by atoms with E-state index in [1.165, 1.54) is 7.05 Å². The summed E-state index contributed by atoms with van der Waals surface area (Å²) in [5.74, 6) is 0. The van der Waals surface area contributed by atoms with Crippen LogP contribution in [0.4, 0.5) is 13.2 Å². The van der Waals surface area contributed by atoms with Gasteiger partial charge in [-0.25, -0.2) is 0 Å².